The van der Waals surface area contributed by atoms with Gasteiger partial charge < -0.3 is 4.74 Å². The minimum atomic E-state index is -0.733. The van der Waals surface area contributed by atoms with Gasteiger partial charge in [0.25, 0.3) is 11.6 Å². The van der Waals surface area contributed by atoms with Crippen LogP contribution in [-0.2, 0) is 4.79 Å². The molecule has 11 heteroatoms. The number of hydrogen-bond donors (Lipinski definition) is 0. The maximum atomic E-state index is 13.0. The molecular formula is C22H19N3O6S2. The normalized spacial score (nSPS) is 18.1. The maximum Gasteiger partial charge on any atom is 0.318 e. The minimum Gasteiger partial charge on any atom is -0.450 e. The van der Waals surface area contributed by atoms with E-state index < -0.39 is 21.2 Å². The molecular weight excluding hydrogens is 466 g/mol. The molecule has 1 saturated carbocycles. The molecule has 0 unspecified atom stereocenters. The summed E-state index contributed by atoms with van der Waals surface area (Å²) >= 11 is 6.73. The molecule has 2 aliphatic rings. The van der Waals surface area contributed by atoms with Crippen molar-refractivity contribution in [1.82, 2.24) is 4.90 Å². The molecule has 1 aliphatic heterocycles. The molecule has 9 nitrogen and oxygen atoms in total. The summed E-state index contributed by atoms with van der Waals surface area (Å²) in [7, 11) is 0. The average molecular weight is 486 g/mol. The number of non-ortho nitro benzene ring substituents is 1. The summed E-state index contributed by atoms with van der Waals surface area (Å²) in [5.74, 6) is 0.0732. The van der Waals surface area contributed by atoms with E-state index in [2.05, 4.69) is 0 Å². The molecule has 0 atom stereocenters. The highest BCUT2D eigenvalue weighted by atomic mass is 32.2. The Labute approximate surface area is 198 Å². The number of nitro groups is 2. The van der Waals surface area contributed by atoms with E-state index >= 15 is 0 Å². The molecule has 170 valence electrons. The van der Waals surface area contributed by atoms with Crippen LogP contribution in [0.15, 0.2) is 47.4 Å². The van der Waals surface area contributed by atoms with Gasteiger partial charge in [-0.1, -0.05) is 55.4 Å². The first-order chi connectivity index (χ1) is 15.8. The number of carbonyl (C=O) groups is 1. The van der Waals surface area contributed by atoms with Crippen molar-refractivity contribution in [2.75, 3.05) is 0 Å². The zero-order valence-corrected chi connectivity index (χ0v) is 19.0. The number of thiocarbonyl (C=S) groups is 1. The highest BCUT2D eigenvalue weighted by Gasteiger charge is 2.37. The van der Waals surface area contributed by atoms with E-state index in [1.54, 1.807) is 35.2 Å². The fourth-order valence-corrected chi connectivity index (χ4v) is 5.33. The third-order valence-electron chi connectivity index (χ3n) is 5.50. The summed E-state index contributed by atoms with van der Waals surface area (Å²) in [5, 5.41) is 22.3. The smallest absolute Gasteiger partial charge is 0.318 e. The Bertz CT molecular complexity index is 1180. The van der Waals surface area contributed by atoms with Crippen molar-refractivity contribution in [2.24, 2.45) is 0 Å². The Balaban J connectivity index is 1.56. The first-order valence-corrected chi connectivity index (χ1v) is 11.5. The van der Waals surface area contributed by atoms with Crippen molar-refractivity contribution in [3.63, 3.8) is 0 Å². The Morgan fingerprint density at radius 2 is 1.82 bits per heavy atom. The van der Waals surface area contributed by atoms with Crippen molar-refractivity contribution in [2.45, 2.75) is 38.1 Å². The van der Waals surface area contributed by atoms with Gasteiger partial charge in [0.15, 0.2) is 0 Å². The Hall–Kier alpha value is -3.31. The summed E-state index contributed by atoms with van der Waals surface area (Å²) in [6.07, 6.45) is 7.00. The highest BCUT2D eigenvalue weighted by molar-refractivity contribution is 8.26. The Morgan fingerprint density at radius 1 is 1.06 bits per heavy atom. The number of nitro benzene ring substituents is 2. The number of benzene rings is 2. The van der Waals surface area contributed by atoms with Crippen LogP contribution in [0.25, 0.3) is 6.08 Å². The highest BCUT2D eigenvalue weighted by Crippen LogP contribution is 2.38. The van der Waals surface area contributed by atoms with Crippen LogP contribution in [0.1, 0.15) is 37.7 Å². The number of nitrogens with zero attached hydrogens (tertiary/aromatic N) is 3. The van der Waals surface area contributed by atoms with Crippen LogP contribution in [-0.4, -0.2) is 31.0 Å². The van der Waals surface area contributed by atoms with Crippen LogP contribution >= 0.6 is 24.0 Å². The third kappa shape index (κ3) is 5.04. The summed E-state index contributed by atoms with van der Waals surface area (Å²) < 4.78 is 6.22. The standard InChI is InChI=1S/C22H19N3O6S2/c26-21-20(33-22(32)23(21)15-6-2-1-3-7-15)12-14-5-4-8-17(11-14)31-19-10-9-16(24(27)28)13-18(19)25(29)30/h4-5,8-13,15H,1-3,6-7H2/b20-12-. The number of thioether (sulfide) groups is 1. The van der Waals surface area contributed by atoms with E-state index in [1.165, 1.54) is 24.2 Å². The lowest BCUT2D eigenvalue weighted by atomic mass is 9.94. The molecule has 4 rings (SSSR count). The first-order valence-electron chi connectivity index (χ1n) is 10.3. The number of amides is 1. The van der Waals surface area contributed by atoms with Gasteiger partial charge in [0, 0.05) is 12.1 Å². The second-order valence-electron chi connectivity index (χ2n) is 7.68. The fourth-order valence-electron chi connectivity index (χ4n) is 3.93. The van der Waals surface area contributed by atoms with E-state index in [4.69, 9.17) is 17.0 Å². The summed E-state index contributed by atoms with van der Waals surface area (Å²) in [6, 6.07) is 10.1. The topological polar surface area (TPSA) is 116 Å². The largest absolute Gasteiger partial charge is 0.450 e. The Kier molecular flexibility index (Phi) is 6.70. The van der Waals surface area contributed by atoms with E-state index in [0.29, 0.717) is 20.5 Å². The van der Waals surface area contributed by atoms with E-state index in [9.17, 15) is 25.0 Å². The maximum absolute atomic E-state index is 13.0. The molecule has 2 aromatic carbocycles. The van der Waals surface area contributed by atoms with Crippen LogP contribution < -0.4 is 4.74 Å². The van der Waals surface area contributed by atoms with Gasteiger partial charge in [0.1, 0.15) is 10.1 Å². The van der Waals surface area contributed by atoms with E-state index in [0.717, 1.165) is 37.8 Å². The second kappa shape index (κ2) is 9.67. The van der Waals surface area contributed by atoms with Crippen molar-refractivity contribution in [3.8, 4) is 11.5 Å². The lowest BCUT2D eigenvalue weighted by Gasteiger charge is -2.29. The quantitative estimate of drug-likeness (QED) is 0.217. The lowest BCUT2D eigenvalue weighted by Crippen LogP contribution is -2.39. The van der Waals surface area contributed by atoms with Gasteiger partial charge >= 0.3 is 5.69 Å². The first kappa shape index (κ1) is 22.9. The molecule has 0 bridgehead atoms. The molecule has 1 heterocycles. The molecule has 0 radical (unpaired) electrons. The van der Waals surface area contributed by atoms with Crippen molar-refractivity contribution < 1.29 is 19.4 Å². The summed E-state index contributed by atoms with van der Waals surface area (Å²) in [6.45, 7) is 0. The van der Waals surface area contributed by atoms with Crippen molar-refractivity contribution >= 4 is 51.7 Å². The van der Waals surface area contributed by atoms with Gasteiger partial charge in [-0.15, -0.1) is 0 Å². The van der Waals surface area contributed by atoms with Gasteiger partial charge in [-0.25, -0.2) is 0 Å². The molecule has 2 fully saturated rings. The number of hydrogen-bond acceptors (Lipinski definition) is 8. The van der Waals surface area contributed by atoms with Crippen molar-refractivity contribution in [3.05, 3.63) is 73.2 Å². The number of carbonyl (C=O) groups excluding carboxylic acids is 1. The molecule has 0 N–H and O–H groups in total. The molecule has 33 heavy (non-hydrogen) atoms. The SMILES string of the molecule is O=C1/C(=C/c2cccc(Oc3ccc([N+](=O)[O-])cc3[N+](=O)[O-])c2)SC(=S)N1C1CCCCC1. The summed E-state index contributed by atoms with van der Waals surface area (Å²) in [4.78, 5) is 36.1. The molecule has 1 saturated heterocycles. The predicted octanol–water partition coefficient (Wildman–Crippen LogP) is 5.83. The van der Waals surface area contributed by atoms with E-state index in [1.807, 2.05) is 0 Å². The zero-order valence-electron chi connectivity index (χ0n) is 17.3. The van der Waals surface area contributed by atoms with Gasteiger partial charge in [-0.2, -0.15) is 0 Å². The Morgan fingerprint density at radius 3 is 2.52 bits per heavy atom. The van der Waals surface area contributed by atoms with Gasteiger partial charge in [0.05, 0.1) is 20.8 Å². The van der Waals surface area contributed by atoms with Crippen LogP contribution in [0.4, 0.5) is 11.4 Å². The lowest BCUT2D eigenvalue weighted by molar-refractivity contribution is -0.394. The molecule has 1 amide bonds. The molecule has 1 aliphatic carbocycles. The predicted molar refractivity (Wildman–Crippen MR) is 128 cm³/mol. The third-order valence-corrected chi connectivity index (χ3v) is 6.83. The van der Waals surface area contributed by atoms with Gasteiger partial charge in [0.2, 0.25) is 5.75 Å². The number of rotatable bonds is 6. The molecule has 0 spiro atoms. The summed E-state index contributed by atoms with van der Waals surface area (Å²) in [5.41, 5.74) is -0.244. The van der Waals surface area contributed by atoms with Crippen molar-refractivity contribution in [1.29, 1.82) is 0 Å². The molecule has 2 aromatic rings. The van der Waals surface area contributed by atoms with Crippen LogP contribution in [0, 0.1) is 20.2 Å². The van der Waals surface area contributed by atoms with Gasteiger partial charge in [-0.05, 0) is 42.7 Å². The molecule has 0 aromatic heterocycles. The second-order valence-corrected chi connectivity index (χ2v) is 9.36. The average Bonchev–Trinajstić information content (AvgIpc) is 3.07. The van der Waals surface area contributed by atoms with Crippen LogP contribution in [0.5, 0.6) is 11.5 Å². The van der Waals surface area contributed by atoms with Crippen LogP contribution in [0.3, 0.4) is 0 Å². The fraction of sp³-hybridized carbons (Fsp3) is 0.273. The zero-order chi connectivity index (χ0) is 23.5. The van der Waals surface area contributed by atoms with Crippen LogP contribution in [0.2, 0.25) is 0 Å². The van der Waals surface area contributed by atoms with Gasteiger partial charge in [-0.3, -0.25) is 29.9 Å². The monoisotopic (exact) mass is 485 g/mol. The number of ether oxygens (including phenoxy) is 1. The van der Waals surface area contributed by atoms with E-state index in [-0.39, 0.29) is 17.7 Å². The minimum absolute atomic E-state index is 0.103.